The number of hydrogen-bond donors (Lipinski definition) is 1. The monoisotopic (exact) mass is 409 g/mol. The Morgan fingerprint density at radius 1 is 1.48 bits per heavy atom. The van der Waals surface area contributed by atoms with Gasteiger partial charge in [0.25, 0.3) is 0 Å². The van der Waals surface area contributed by atoms with Crippen molar-refractivity contribution in [2.45, 2.75) is 24.9 Å². The molecule has 0 aliphatic heterocycles. The van der Waals surface area contributed by atoms with Crippen molar-refractivity contribution in [3.63, 3.8) is 0 Å². The molecule has 0 spiro atoms. The Balaban J connectivity index is 2.26. The third kappa shape index (κ3) is 3.72. The number of nitrogens with zero attached hydrogens (tertiary/aromatic N) is 2. The maximum atomic E-state index is 12.7. The zero-order valence-corrected chi connectivity index (χ0v) is 15.9. The number of hydrogen-bond acceptors (Lipinski definition) is 6. The van der Waals surface area contributed by atoms with E-state index in [1.165, 1.54) is 27.0 Å². The van der Waals surface area contributed by atoms with Gasteiger partial charge in [-0.2, -0.15) is 4.31 Å². The maximum absolute atomic E-state index is 12.7. The molecule has 9 heteroatoms. The fourth-order valence-corrected chi connectivity index (χ4v) is 6.46. The average Bonchev–Trinajstić information content (AvgIpc) is 2.97. The Morgan fingerprint density at radius 3 is 2.76 bits per heavy atom. The second kappa shape index (κ2) is 6.84. The molecule has 0 saturated heterocycles. The van der Waals surface area contributed by atoms with E-state index in [1.807, 2.05) is 14.0 Å². The van der Waals surface area contributed by atoms with E-state index in [0.717, 1.165) is 15.4 Å². The second-order valence-corrected chi connectivity index (χ2v) is 9.91. The summed E-state index contributed by atoms with van der Waals surface area (Å²) >= 11 is 6.26. The lowest BCUT2D eigenvalue weighted by Crippen LogP contribution is -2.26. The van der Waals surface area contributed by atoms with Crippen LogP contribution in [0.25, 0.3) is 0 Å². The lowest BCUT2D eigenvalue weighted by atomic mass is 10.4. The van der Waals surface area contributed by atoms with Gasteiger partial charge in [-0.25, -0.2) is 13.4 Å². The van der Waals surface area contributed by atoms with E-state index in [0.29, 0.717) is 21.8 Å². The van der Waals surface area contributed by atoms with Crippen molar-refractivity contribution in [3.05, 3.63) is 30.8 Å². The summed E-state index contributed by atoms with van der Waals surface area (Å²) in [5.41, 5.74) is 2.61. The predicted molar refractivity (Wildman–Crippen MR) is 90.3 cm³/mol. The molecule has 0 aliphatic carbocycles. The van der Waals surface area contributed by atoms with E-state index >= 15 is 0 Å². The zero-order chi connectivity index (χ0) is 15.6. The van der Waals surface area contributed by atoms with Gasteiger partial charge in [0.15, 0.2) is 0 Å². The van der Waals surface area contributed by atoms with Crippen LogP contribution in [0.15, 0.2) is 20.3 Å². The van der Waals surface area contributed by atoms with Crippen molar-refractivity contribution in [1.82, 2.24) is 14.6 Å². The van der Waals surface area contributed by atoms with Crippen molar-refractivity contribution in [2.75, 3.05) is 14.1 Å². The Hall–Kier alpha value is -0.320. The van der Waals surface area contributed by atoms with Gasteiger partial charge in [0.05, 0.1) is 15.0 Å². The minimum atomic E-state index is -3.51. The summed E-state index contributed by atoms with van der Waals surface area (Å²) in [5, 5.41) is 3.02. The maximum Gasteiger partial charge on any atom is 0.245 e. The van der Waals surface area contributed by atoms with Crippen LogP contribution in [0.5, 0.6) is 0 Å². The molecule has 2 aromatic heterocycles. The quantitative estimate of drug-likeness (QED) is 0.796. The molecule has 0 unspecified atom stereocenters. The van der Waals surface area contributed by atoms with E-state index in [-0.39, 0.29) is 0 Å². The second-order valence-electron chi connectivity index (χ2n) is 4.50. The van der Waals surface area contributed by atoms with Gasteiger partial charge in [-0.1, -0.05) is 0 Å². The highest BCUT2D eigenvalue weighted by molar-refractivity contribution is 9.11. The molecular weight excluding hydrogens is 394 g/mol. The van der Waals surface area contributed by atoms with Crippen LogP contribution in [0.2, 0.25) is 0 Å². The molecule has 0 aromatic carbocycles. The van der Waals surface area contributed by atoms with Crippen LogP contribution in [0, 0.1) is 6.92 Å². The van der Waals surface area contributed by atoms with E-state index in [2.05, 4.69) is 26.2 Å². The third-order valence-corrected chi connectivity index (χ3v) is 7.93. The van der Waals surface area contributed by atoms with Gasteiger partial charge in [-0.05, 0) is 36.0 Å². The summed E-state index contributed by atoms with van der Waals surface area (Å²) < 4.78 is 27.4. The molecular formula is C12H16BrN3O2S3. The Morgan fingerprint density at radius 2 is 2.19 bits per heavy atom. The molecule has 2 aromatic rings. The van der Waals surface area contributed by atoms with Gasteiger partial charge in [-0.3, -0.25) is 0 Å². The summed E-state index contributed by atoms with van der Waals surface area (Å²) in [6.07, 6.45) is 0. The van der Waals surface area contributed by atoms with Crippen molar-refractivity contribution < 1.29 is 8.42 Å². The molecule has 116 valence electrons. The minimum absolute atomic E-state index is 0.322. The summed E-state index contributed by atoms with van der Waals surface area (Å²) in [5.74, 6) is 0. The summed E-state index contributed by atoms with van der Waals surface area (Å²) in [6.45, 7) is 2.87. The number of thiophene rings is 1. The first-order chi connectivity index (χ1) is 9.86. The molecule has 0 amide bonds. The lowest BCUT2D eigenvalue weighted by Gasteiger charge is -2.16. The first-order valence-corrected chi connectivity index (χ1v) is 10.1. The molecule has 1 N–H and O–H groups in total. The van der Waals surface area contributed by atoms with E-state index in [4.69, 9.17) is 0 Å². The molecule has 2 heterocycles. The smallest absolute Gasteiger partial charge is 0.245 e. The zero-order valence-electron chi connectivity index (χ0n) is 11.9. The van der Waals surface area contributed by atoms with Crippen molar-refractivity contribution >= 4 is 48.6 Å². The van der Waals surface area contributed by atoms with Gasteiger partial charge in [0.2, 0.25) is 10.0 Å². The standard InChI is InChI=1S/C12H16BrN3O2S3/c1-8-10(19-7-15-8)6-16(3)21(17,18)11-4-9(5-14-2)20-12(11)13/h4,7,14H,5-6H2,1-3H3. The lowest BCUT2D eigenvalue weighted by molar-refractivity contribution is 0.468. The Labute approximate surface area is 141 Å². The van der Waals surface area contributed by atoms with Crippen LogP contribution in [0.4, 0.5) is 0 Å². The van der Waals surface area contributed by atoms with Crippen LogP contribution in [0.3, 0.4) is 0 Å². The Kier molecular flexibility index (Phi) is 5.55. The van der Waals surface area contributed by atoms with Crippen molar-refractivity contribution in [2.24, 2.45) is 0 Å². The van der Waals surface area contributed by atoms with Crippen LogP contribution in [-0.2, 0) is 23.1 Å². The number of rotatable bonds is 6. The van der Waals surface area contributed by atoms with Crippen LogP contribution >= 0.6 is 38.6 Å². The highest BCUT2D eigenvalue weighted by atomic mass is 79.9. The van der Waals surface area contributed by atoms with Crippen LogP contribution in [-0.4, -0.2) is 31.8 Å². The third-order valence-electron chi connectivity index (χ3n) is 2.96. The summed E-state index contributed by atoms with van der Waals surface area (Å²) in [6, 6.07) is 1.72. The highest BCUT2D eigenvalue weighted by Crippen LogP contribution is 2.33. The number of aromatic nitrogens is 1. The Bertz CT molecular complexity index is 724. The number of halogens is 1. The first-order valence-electron chi connectivity index (χ1n) is 6.14. The fraction of sp³-hybridized carbons (Fsp3) is 0.417. The fourth-order valence-electron chi connectivity index (χ4n) is 1.77. The van der Waals surface area contributed by atoms with Gasteiger partial charge >= 0.3 is 0 Å². The summed E-state index contributed by atoms with van der Waals surface area (Å²) in [4.78, 5) is 6.41. The van der Waals surface area contributed by atoms with E-state index < -0.39 is 10.0 Å². The van der Waals surface area contributed by atoms with Crippen molar-refractivity contribution in [3.8, 4) is 0 Å². The predicted octanol–water partition coefficient (Wildman–Crippen LogP) is 2.82. The first kappa shape index (κ1) is 17.0. The molecule has 0 radical (unpaired) electrons. The topological polar surface area (TPSA) is 62.3 Å². The molecule has 21 heavy (non-hydrogen) atoms. The molecule has 0 atom stereocenters. The number of sulfonamides is 1. The normalized spacial score (nSPS) is 12.2. The van der Waals surface area contributed by atoms with Crippen LogP contribution < -0.4 is 5.32 Å². The van der Waals surface area contributed by atoms with Gasteiger partial charge in [0.1, 0.15) is 4.90 Å². The van der Waals surface area contributed by atoms with Gasteiger partial charge < -0.3 is 5.32 Å². The van der Waals surface area contributed by atoms with E-state index in [1.54, 1.807) is 18.6 Å². The highest BCUT2D eigenvalue weighted by Gasteiger charge is 2.26. The minimum Gasteiger partial charge on any atom is -0.315 e. The molecule has 2 rings (SSSR count). The van der Waals surface area contributed by atoms with E-state index in [9.17, 15) is 8.42 Å². The molecule has 0 saturated carbocycles. The molecule has 0 bridgehead atoms. The molecule has 5 nitrogen and oxygen atoms in total. The van der Waals surface area contributed by atoms with Gasteiger partial charge in [-0.15, -0.1) is 22.7 Å². The molecule has 0 aliphatic rings. The van der Waals surface area contributed by atoms with Gasteiger partial charge in [0, 0.05) is 29.9 Å². The number of nitrogens with one attached hydrogen (secondary N) is 1. The number of thiazole rings is 1. The summed E-state index contributed by atoms with van der Waals surface area (Å²) in [7, 11) is -0.0846. The molecule has 0 fully saturated rings. The van der Waals surface area contributed by atoms with Crippen LogP contribution in [0.1, 0.15) is 15.4 Å². The SMILES string of the molecule is CNCc1cc(S(=O)(=O)N(C)Cc2scnc2C)c(Br)s1. The van der Waals surface area contributed by atoms with Crippen molar-refractivity contribution in [1.29, 1.82) is 0 Å². The largest absolute Gasteiger partial charge is 0.315 e. The number of aryl methyl sites for hydroxylation is 1. The average molecular weight is 410 g/mol.